The molecule has 0 bridgehead atoms. The third-order valence-electron chi connectivity index (χ3n) is 2.99. The van der Waals surface area contributed by atoms with Crippen molar-refractivity contribution in [3.63, 3.8) is 0 Å². The van der Waals surface area contributed by atoms with E-state index < -0.39 is 10.0 Å². The van der Waals surface area contributed by atoms with E-state index in [1.807, 2.05) is 24.3 Å². The molecule has 0 unspecified atom stereocenters. The van der Waals surface area contributed by atoms with Crippen LogP contribution in [0.25, 0.3) is 0 Å². The summed E-state index contributed by atoms with van der Waals surface area (Å²) in [6.07, 6.45) is 1.32. The molecule has 0 spiro atoms. The van der Waals surface area contributed by atoms with Gasteiger partial charge in [0, 0.05) is 0 Å². The number of sulfonamides is 1. The van der Waals surface area contributed by atoms with Crippen LogP contribution in [0.3, 0.4) is 0 Å². The van der Waals surface area contributed by atoms with Gasteiger partial charge in [-0.15, -0.1) is 5.73 Å². The fraction of sp³-hybridized carbons (Fsp3) is 0.118. The van der Waals surface area contributed by atoms with Crippen LogP contribution in [-0.4, -0.2) is 25.9 Å². The summed E-state index contributed by atoms with van der Waals surface area (Å²) < 4.78 is 33.0. The molecule has 0 aromatic heterocycles. The van der Waals surface area contributed by atoms with Gasteiger partial charge >= 0.3 is 0 Å². The molecule has 0 atom stereocenters. The normalized spacial score (nSPS) is 10.7. The fourth-order valence-electron chi connectivity index (χ4n) is 1.89. The molecule has 0 saturated carbocycles. The van der Waals surface area contributed by atoms with Crippen molar-refractivity contribution in [1.82, 2.24) is 4.31 Å². The highest BCUT2D eigenvalue weighted by Crippen LogP contribution is 2.20. The quantitative estimate of drug-likeness (QED) is 0.487. The maximum Gasteiger partial charge on any atom is 0.264 e. The lowest BCUT2D eigenvalue weighted by molar-refractivity contribution is 0.292. The van der Waals surface area contributed by atoms with Crippen molar-refractivity contribution in [2.75, 3.05) is 13.2 Å². The molecule has 4 nitrogen and oxygen atoms in total. The molecule has 0 amide bonds. The van der Waals surface area contributed by atoms with Gasteiger partial charge < -0.3 is 4.74 Å². The maximum atomic E-state index is 12.6. The summed E-state index contributed by atoms with van der Waals surface area (Å²) in [5.41, 5.74) is 2.52. The van der Waals surface area contributed by atoms with E-state index in [1.54, 1.807) is 30.3 Å². The van der Waals surface area contributed by atoms with Crippen LogP contribution in [0.5, 0.6) is 5.75 Å². The first-order valence-electron chi connectivity index (χ1n) is 6.86. The van der Waals surface area contributed by atoms with E-state index in [9.17, 15) is 8.42 Å². The molecule has 2 aromatic carbocycles. The van der Waals surface area contributed by atoms with Crippen molar-refractivity contribution >= 4 is 32.6 Å². The Balaban J connectivity index is 2.11. The molecule has 0 N–H and O–H groups in total. The molecule has 0 radical (unpaired) electrons. The van der Waals surface area contributed by atoms with Gasteiger partial charge in [0.25, 0.3) is 10.0 Å². The Morgan fingerprint density at radius 1 is 1.13 bits per heavy atom. The highest BCUT2D eigenvalue weighted by molar-refractivity contribution is 14.1. The second kappa shape index (κ2) is 8.19. The molecule has 23 heavy (non-hydrogen) atoms. The summed E-state index contributed by atoms with van der Waals surface area (Å²) in [5, 5.41) is 0. The Labute approximate surface area is 150 Å². The monoisotopic (exact) mass is 441 g/mol. The topological polar surface area (TPSA) is 46.6 Å². The summed E-state index contributed by atoms with van der Waals surface area (Å²) >= 11 is 2.17. The van der Waals surface area contributed by atoms with Crippen LogP contribution in [0.15, 0.2) is 78.0 Å². The predicted molar refractivity (Wildman–Crippen MR) is 98.7 cm³/mol. The van der Waals surface area contributed by atoms with E-state index in [0.717, 1.165) is 9.32 Å². The van der Waals surface area contributed by atoms with Crippen LogP contribution in [0.4, 0.5) is 0 Å². The van der Waals surface area contributed by atoms with E-state index in [-0.39, 0.29) is 18.0 Å². The minimum Gasteiger partial charge on any atom is -0.491 e. The minimum atomic E-state index is -3.63. The summed E-state index contributed by atoms with van der Waals surface area (Å²) in [4.78, 5) is 0.223. The molecule has 2 aromatic rings. The standard InChI is InChI=1S/C17H16INO3S/c1-2-12-19(23(20,21)15-8-4-3-5-9-15)13-14-22-17-11-7-6-10-16(17)18/h3-12H,1,13-14H2. The minimum absolute atomic E-state index is 0.171. The zero-order valence-corrected chi connectivity index (χ0v) is 15.3. The maximum absolute atomic E-state index is 12.6. The molecule has 120 valence electrons. The lowest BCUT2D eigenvalue weighted by Crippen LogP contribution is -2.30. The molecule has 0 aliphatic carbocycles. The van der Waals surface area contributed by atoms with E-state index in [0.29, 0.717) is 0 Å². The van der Waals surface area contributed by atoms with Gasteiger partial charge in [-0.05, 0) is 46.9 Å². The first-order valence-corrected chi connectivity index (χ1v) is 9.38. The first kappa shape index (κ1) is 17.6. The van der Waals surface area contributed by atoms with Gasteiger partial charge in [0.2, 0.25) is 0 Å². The van der Waals surface area contributed by atoms with E-state index in [2.05, 4.69) is 34.9 Å². The molecule has 0 heterocycles. The van der Waals surface area contributed by atoms with Gasteiger partial charge in [0.15, 0.2) is 0 Å². The van der Waals surface area contributed by atoms with Crippen LogP contribution in [0.2, 0.25) is 0 Å². The molecule has 0 aliphatic rings. The van der Waals surface area contributed by atoms with Crippen molar-refractivity contribution < 1.29 is 13.2 Å². The summed E-state index contributed by atoms with van der Waals surface area (Å²) in [5.74, 6) is 0.729. The van der Waals surface area contributed by atoms with Crippen molar-refractivity contribution in [3.8, 4) is 5.75 Å². The van der Waals surface area contributed by atoms with Crippen LogP contribution < -0.4 is 4.74 Å². The van der Waals surface area contributed by atoms with E-state index in [1.165, 1.54) is 10.5 Å². The van der Waals surface area contributed by atoms with Crippen LogP contribution >= 0.6 is 22.6 Å². The van der Waals surface area contributed by atoms with Gasteiger partial charge in [0.05, 0.1) is 21.2 Å². The number of ether oxygens (including phenoxy) is 1. The van der Waals surface area contributed by atoms with Gasteiger partial charge in [-0.25, -0.2) is 8.42 Å². The molecule has 2 rings (SSSR count). The first-order chi connectivity index (χ1) is 11.1. The molecular formula is C17H16INO3S. The average Bonchev–Trinajstić information content (AvgIpc) is 2.56. The second-order valence-corrected chi connectivity index (χ2v) is 7.59. The third kappa shape index (κ3) is 4.60. The highest BCUT2D eigenvalue weighted by atomic mass is 127. The Bertz CT molecular complexity index is 800. The lowest BCUT2D eigenvalue weighted by atomic mass is 10.3. The molecule has 0 fully saturated rings. The van der Waals surface area contributed by atoms with E-state index in [4.69, 9.17) is 4.74 Å². The van der Waals surface area contributed by atoms with Gasteiger partial charge in [-0.1, -0.05) is 36.9 Å². The van der Waals surface area contributed by atoms with Crippen molar-refractivity contribution in [2.45, 2.75) is 4.90 Å². The average molecular weight is 441 g/mol. The third-order valence-corrected chi connectivity index (χ3v) is 5.66. The smallest absolute Gasteiger partial charge is 0.264 e. The summed E-state index contributed by atoms with van der Waals surface area (Å²) in [6, 6.07) is 15.8. The molecule has 0 saturated heterocycles. The highest BCUT2D eigenvalue weighted by Gasteiger charge is 2.21. The number of hydrogen-bond acceptors (Lipinski definition) is 3. The number of halogens is 1. The van der Waals surface area contributed by atoms with Crippen LogP contribution in [0, 0.1) is 3.57 Å². The van der Waals surface area contributed by atoms with Gasteiger partial charge in [0.1, 0.15) is 12.4 Å². The summed E-state index contributed by atoms with van der Waals surface area (Å²) in [6.45, 7) is 3.86. The van der Waals surface area contributed by atoms with Crippen molar-refractivity contribution in [2.24, 2.45) is 0 Å². The number of rotatable bonds is 7. The van der Waals surface area contributed by atoms with Gasteiger partial charge in [-0.2, -0.15) is 0 Å². The predicted octanol–water partition coefficient (Wildman–Crippen LogP) is 3.66. The van der Waals surface area contributed by atoms with Crippen LogP contribution in [-0.2, 0) is 10.0 Å². The van der Waals surface area contributed by atoms with E-state index >= 15 is 0 Å². The van der Waals surface area contributed by atoms with Crippen molar-refractivity contribution in [1.29, 1.82) is 0 Å². The lowest BCUT2D eigenvalue weighted by Gasteiger charge is -2.20. The zero-order chi connectivity index (χ0) is 16.7. The number of nitrogens with zero attached hydrogens (tertiary/aromatic N) is 1. The Hall–Kier alpha value is -1.76. The Morgan fingerprint density at radius 3 is 2.43 bits per heavy atom. The Kier molecular flexibility index (Phi) is 6.27. The molecule has 0 aliphatic heterocycles. The second-order valence-electron chi connectivity index (χ2n) is 4.54. The molecular weight excluding hydrogens is 425 g/mol. The van der Waals surface area contributed by atoms with Gasteiger partial charge in [-0.3, -0.25) is 4.31 Å². The summed E-state index contributed by atoms with van der Waals surface area (Å²) in [7, 11) is -3.63. The SMILES string of the molecule is C=C=CN(CCOc1ccccc1I)S(=O)(=O)c1ccccc1. The Morgan fingerprint density at radius 2 is 1.78 bits per heavy atom. The van der Waals surface area contributed by atoms with Crippen LogP contribution in [0.1, 0.15) is 0 Å². The largest absolute Gasteiger partial charge is 0.491 e. The van der Waals surface area contributed by atoms with Crippen molar-refractivity contribution in [3.05, 3.63) is 76.7 Å². The fourth-order valence-corrected chi connectivity index (χ4v) is 3.73. The zero-order valence-electron chi connectivity index (χ0n) is 12.4. The number of benzene rings is 2. The number of para-hydroxylation sites is 1. The number of hydrogen-bond donors (Lipinski definition) is 0. The molecule has 6 heteroatoms.